The van der Waals surface area contributed by atoms with Crippen LogP contribution in [0.25, 0.3) is 0 Å². The number of halogens is 2. The molecule has 2 atom stereocenters. The van der Waals surface area contributed by atoms with Crippen LogP contribution in [0.4, 0.5) is 14.6 Å². The van der Waals surface area contributed by atoms with Gasteiger partial charge in [0.1, 0.15) is 6.10 Å². The minimum Gasteiger partial charge on any atom is -0.754 e. The number of hydrazine groups is 1. The Hall–Kier alpha value is -2.35. The van der Waals surface area contributed by atoms with Crippen molar-refractivity contribution in [2.45, 2.75) is 37.3 Å². The molecule has 1 aliphatic rings. The van der Waals surface area contributed by atoms with Gasteiger partial charge in [-0.2, -0.15) is 4.98 Å². The van der Waals surface area contributed by atoms with Crippen LogP contribution in [0.2, 0.25) is 0 Å². The number of nitrogens with zero attached hydrogens (tertiary/aromatic N) is 4. The van der Waals surface area contributed by atoms with Crippen molar-refractivity contribution in [1.82, 2.24) is 20.3 Å². The number of thioether (sulfide) groups is 1. The molecule has 13 heteroatoms. The van der Waals surface area contributed by atoms with Crippen molar-refractivity contribution < 1.29 is 27.1 Å². The van der Waals surface area contributed by atoms with Crippen LogP contribution in [0.1, 0.15) is 25.8 Å². The first-order chi connectivity index (χ1) is 15.2. The molecule has 3 rings (SSSR count). The summed E-state index contributed by atoms with van der Waals surface area (Å²) >= 11 is -1.62. The Morgan fingerprint density at radius 2 is 2.16 bits per heavy atom. The highest BCUT2D eigenvalue weighted by molar-refractivity contribution is 7.98. The van der Waals surface area contributed by atoms with Gasteiger partial charge in [-0.3, -0.25) is 9.00 Å². The van der Waals surface area contributed by atoms with Crippen LogP contribution in [0.3, 0.4) is 0 Å². The second-order valence-corrected chi connectivity index (χ2v) is 8.73. The summed E-state index contributed by atoms with van der Waals surface area (Å²) in [6.07, 6.45) is 0.381. The molecular weight excluding hydrogens is 464 g/mol. The van der Waals surface area contributed by atoms with Crippen molar-refractivity contribution >= 4 is 34.8 Å². The van der Waals surface area contributed by atoms with E-state index in [2.05, 4.69) is 15.3 Å². The van der Waals surface area contributed by atoms with Crippen molar-refractivity contribution in [1.29, 1.82) is 0 Å². The molecule has 0 aliphatic carbocycles. The van der Waals surface area contributed by atoms with Crippen LogP contribution in [-0.2, 0) is 21.8 Å². The maximum absolute atomic E-state index is 14.0. The largest absolute Gasteiger partial charge is 0.754 e. The van der Waals surface area contributed by atoms with Gasteiger partial charge in [0, 0.05) is 37.4 Å². The summed E-state index contributed by atoms with van der Waals surface area (Å²) in [4.78, 5) is 19.7. The molecule has 32 heavy (non-hydrogen) atoms. The molecule has 1 unspecified atom stereocenters. The number of ether oxygens (including phenoxy) is 1. The fraction of sp³-hybridized carbons (Fsp3) is 0.421. The summed E-state index contributed by atoms with van der Waals surface area (Å²) < 4.78 is 58.0. The van der Waals surface area contributed by atoms with E-state index >= 15 is 0 Å². The lowest BCUT2D eigenvalue weighted by atomic mass is 10.2. The molecule has 2 aromatic rings. The van der Waals surface area contributed by atoms with Crippen molar-refractivity contribution in [2.75, 3.05) is 24.0 Å². The molecule has 0 radical (unpaired) electrons. The number of hydrogen-bond donors (Lipinski definition) is 1. The highest BCUT2D eigenvalue weighted by Gasteiger charge is 2.26. The van der Waals surface area contributed by atoms with Gasteiger partial charge in [0.05, 0.1) is 17.8 Å². The molecule has 1 saturated heterocycles. The minimum atomic E-state index is -2.63. The molecule has 1 aromatic heterocycles. The monoisotopic (exact) mass is 486 g/mol. The van der Waals surface area contributed by atoms with Crippen LogP contribution >= 0.6 is 11.8 Å². The first-order valence-electron chi connectivity index (χ1n) is 9.75. The van der Waals surface area contributed by atoms with E-state index in [9.17, 15) is 22.3 Å². The summed E-state index contributed by atoms with van der Waals surface area (Å²) in [7, 11) is 0. The van der Waals surface area contributed by atoms with Crippen LogP contribution < -0.4 is 14.5 Å². The third kappa shape index (κ3) is 6.34. The zero-order valence-electron chi connectivity index (χ0n) is 17.4. The number of nitrogens with one attached hydrogen (secondary N) is 1. The molecule has 0 bridgehead atoms. The fourth-order valence-corrected chi connectivity index (χ4v) is 4.17. The van der Waals surface area contributed by atoms with Gasteiger partial charge in [0.2, 0.25) is 11.8 Å². The Kier molecular flexibility index (Phi) is 8.34. The summed E-state index contributed by atoms with van der Waals surface area (Å²) in [6, 6.07) is 5.25. The van der Waals surface area contributed by atoms with Crippen LogP contribution in [0, 0.1) is 11.6 Å². The molecule has 174 valence electrons. The number of carbonyl (C=O) groups excluding carboxylic acids is 1. The van der Waals surface area contributed by atoms with Gasteiger partial charge in [-0.25, -0.2) is 23.2 Å². The summed E-state index contributed by atoms with van der Waals surface area (Å²) in [5, 5.41) is 4.35. The number of rotatable bonds is 10. The first-order valence-corrected chi connectivity index (χ1v) is 11.8. The van der Waals surface area contributed by atoms with Crippen LogP contribution in [0.15, 0.2) is 29.4 Å². The molecule has 1 fully saturated rings. The Morgan fingerprint density at radius 3 is 2.78 bits per heavy atom. The van der Waals surface area contributed by atoms with Gasteiger partial charge in [0.25, 0.3) is 0 Å². The second kappa shape index (κ2) is 11.0. The predicted octanol–water partition coefficient (Wildman–Crippen LogP) is 2.17. The molecule has 0 saturated carbocycles. The lowest BCUT2D eigenvalue weighted by Gasteiger charge is -2.41. The van der Waals surface area contributed by atoms with Crippen molar-refractivity contribution in [3.05, 3.63) is 41.5 Å². The SMILES string of the molecule is CC(=O)NC[C@@H](C)Oc1cc(N(N2CCC2)S(=O)[O-])nc(SCc2cccc(F)c2F)n1. The normalized spacial score (nSPS) is 15.5. The van der Waals surface area contributed by atoms with E-state index in [1.165, 1.54) is 25.1 Å². The summed E-state index contributed by atoms with van der Waals surface area (Å²) in [5.41, 5.74) is 0.123. The topological polar surface area (TPSA) is 111 Å². The van der Waals surface area contributed by atoms with Gasteiger partial charge >= 0.3 is 0 Å². The molecule has 1 aromatic carbocycles. The van der Waals surface area contributed by atoms with E-state index in [1.807, 2.05) is 0 Å². The third-order valence-electron chi connectivity index (χ3n) is 4.44. The zero-order valence-corrected chi connectivity index (χ0v) is 19.0. The van der Waals surface area contributed by atoms with E-state index in [0.717, 1.165) is 28.7 Å². The van der Waals surface area contributed by atoms with Crippen molar-refractivity contribution in [3.8, 4) is 5.88 Å². The zero-order chi connectivity index (χ0) is 23.3. The number of hydrogen-bond acceptors (Lipinski definition) is 8. The summed E-state index contributed by atoms with van der Waals surface area (Å²) in [5.74, 6) is -1.96. The van der Waals surface area contributed by atoms with E-state index in [-0.39, 0.29) is 40.6 Å². The second-order valence-electron chi connectivity index (χ2n) is 7.01. The van der Waals surface area contributed by atoms with Gasteiger partial charge in [-0.15, -0.1) is 0 Å². The van der Waals surface area contributed by atoms with E-state index in [0.29, 0.717) is 13.1 Å². The molecule has 1 amide bonds. The highest BCUT2D eigenvalue weighted by atomic mass is 32.2. The van der Waals surface area contributed by atoms with Crippen molar-refractivity contribution in [2.24, 2.45) is 0 Å². The molecule has 1 aliphatic heterocycles. The number of carbonyl (C=O) groups is 1. The maximum Gasteiger partial charge on any atom is 0.219 e. The third-order valence-corrected chi connectivity index (χ3v) is 6.04. The van der Waals surface area contributed by atoms with Gasteiger partial charge < -0.3 is 14.6 Å². The first kappa shape index (κ1) is 24.3. The lowest BCUT2D eigenvalue weighted by molar-refractivity contribution is -0.119. The van der Waals surface area contributed by atoms with Crippen LogP contribution in [0.5, 0.6) is 5.88 Å². The number of anilines is 1. The molecule has 1 N–H and O–H groups in total. The summed E-state index contributed by atoms with van der Waals surface area (Å²) in [6.45, 7) is 4.40. The number of aromatic nitrogens is 2. The average Bonchev–Trinajstić information content (AvgIpc) is 2.69. The number of benzene rings is 1. The Labute approximate surface area is 190 Å². The standard InChI is InChI=1S/C19H23F2N5O4S2/c1-12(10-22-13(2)27)30-17-9-16(26(32(28)29)25-7-4-8-25)23-19(24-17)31-11-14-5-3-6-15(20)18(14)21/h3,5-6,9,12H,4,7-8,10-11H2,1-2H3,(H,22,27)(H,28,29)/p-1/t12-/m1/s1. The van der Waals surface area contributed by atoms with E-state index < -0.39 is 29.0 Å². The van der Waals surface area contributed by atoms with Gasteiger partial charge in [-0.1, -0.05) is 23.9 Å². The molecule has 2 heterocycles. The van der Waals surface area contributed by atoms with Crippen LogP contribution in [-0.4, -0.2) is 55.4 Å². The molecular formula is C19H22F2N5O4S2-. The van der Waals surface area contributed by atoms with Gasteiger partial charge in [0.15, 0.2) is 22.6 Å². The Bertz CT molecular complexity index is 996. The van der Waals surface area contributed by atoms with E-state index in [4.69, 9.17) is 4.74 Å². The molecule has 9 nitrogen and oxygen atoms in total. The number of amides is 1. The molecule has 0 spiro atoms. The lowest BCUT2D eigenvalue weighted by Crippen LogP contribution is -2.51. The van der Waals surface area contributed by atoms with E-state index in [1.54, 1.807) is 11.9 Å². The smallest absolute Gasteiger partial charge is 0.219 e. The average molecular weight is 487 g/mol. The predicted molar refractivity (Wildman–Crippen MR) is 114 cm³/mol. The maximum atomic E-state index is 14.0. The van der Waals surface area contributed by atoms with Gasteiger partial charge in [-0.05, 0) is 19.4 Å². The quantitative estimate of drug-likeness (QED) is 0.309. The minimum absolute atomic E-state index is 0.0259. The fourth-order valence-electron chi connectivity index (χ4n) is 2.75. The Morgan fingerprint density at radius 1 is 1.41 bits per heavy atom. The highest BCUT2D eigenvalue weighted by Crippen LogP contribution is 2.29. The Balaban J connectivity index is 1.86. The van der Waals surface area contributed by atoms with Crippen molar-refractivity contribution in [3.63, 3.8) is 0 Å².